The van der Waals surface area contributed by atoms with Gasteiger partial charge in [-0.3, -0.25) is 4.79 Å². The van der Waals surface area contributed by atoms with Crippen molar-refractivity contribution in [3.8, 4) is 0 Å². The Hall–Kier alpha value is -0.830. The third-order valence-electron chi connectivity index (χ3n) is 3.21. The van der Waals surface area contributed by atoms with Crippen LogP contribution in [0.2, 0.25) is 0 Å². The second-order valence-electron chi connectivity index (χ2n) is 5.10. The summed E-state index contributed by atoms with van der Waals surface area (Å²) in [6.45, 7) is 0.322. The lowest BCUT2D eigenvalue weighted by Gasteiger charge is -1.98. The van der Waals surface area contributed by atoms with Crippen LogP contribution in [0.1, 0.15) is 77.0 Å². The number of carbonyl (C=O) groups is 1. The molecule has 0 aromatic carbocycles. The van der Waals surface area contributed by atoms with Crippen LogP contribution in [0.3, 0.4) is 0 Å². The van der Waals surface area contributed by atoms with Crippen molar-refractivity contribution in [2.24, 2.45) is 0 Å². The second kappa shape index (κ2) is 15.2. The SMILES string of the molecule is O=C(O)CCCCCCCC=CCCCCCCO. The molecule has 0 aromatic rings. The summed E-state index contributed by atoms with van der Waals surface area (Å²) in [5.74, 6) is -0.679. The van der Waals surface area contributed by atoms with Crippen LogP contribution in [0.25, 0.3) is 0 Å². The summed E-state index contributed by atoms with van der Waals surface area (Å²) in [6.07, 6.45) is 17.1. The molecule has 0 amide bonds. The molecule has 3 heteroatoms. The Balaban J connectivity index is 3.06. The van der Waals surface area contributed by atoms with E-state index in [0.29, 0.717) is 13.0 Å². The van der Waals surface area contributed by atoms with Gasteiger partial charge in [-0.05, 0) is 38.5 Å². The summed E-state index contributed by atoms with van der Waals surface area (Å²) in [5, 5.41) is 17.1. The van der Waals surface area contributed by atoms with Gasteiger partial charge in [0.2, 0.25) is 0 Å². The summed E-state index contributed by atoms with van der Waals surface area (Å²) in [6, 6.07) is 0. The molecule has 0 bridgehead atoms. The molecule has 0 aliphatic carbocycles. The molecule has 0 radical (unpaired) electrons. The van der Waals surface area contributed by atoms with E-state index in [4.69, 9.17) is 10.2 Å². The monoisotopic (exact) mass is 270 g/mol. The Morgan fingerprint density at radius 3 is 1.74 bits per heavy atom. The Morgan fingerprint density at radius 2 is 1.21 bits per heavy atom. The lowest BCUT2D eigenvalue weighted by Crippen LogP contribution is -1.93. The van der Waals surface area contributed by atoms with E-state index < -0.39 is 5.97 Å². The average molecular weight is 270 g/mol. The molecule has 112 valence electrons. The number of hydrogen-bond acceptors (Lipinski definition) is 2. The van der Waals surface area contributed by atoms with Crippen molar-refractivity contribution in [2.45, 2.75) is 77.0 Å². The molecule has 0 aliphatic heterocycles. The zero-order valence-electron chi connectivity index (χ0n) is 12.1. The van der Waals surface area contributed by atoms with Gasteiger partial charge in [-0.15, -0.1) is 0 Å². The number of carboxylic acid groups (broad SMARTS) is 1. The molecule has 0 rings (SSSR count). The maximum Gasteiger partial charge on any atom is 0.303 e. The fourth-order valence-electron chi connectivity index (χ4n) is 2.03. The van der Waals surface area contributed by atoms with E-state index in [1.165, 1.54) is 25.7 Å². The van der Waals surface area contributed by atoms with E-state index in [1.54, 1.807) is 0 Å². The fraction of sp³-hybridized carbons (Fsp3) is 0.812. The molecule has 0 spiro atoms. The number of rotatable bonds is 14. The van der Waals surface area contributed by atoms with Gasteiger partial charge in [-0.2, -0.15) is 0 Å². The van der Waals surface area contributed by atoms with Gasteiger partial charge >= 0.3 is 5.97 Å². The predicted molar refractivity (Wildman–Crippen MR) is 79.3 cm³/mol. The zero-order valence-corrected chi connectivity index (χ0v) is 12.1. The van der Waals surface area contributed by atoms with Crippen LogP contribution in [-0.2, 0) is 4.79 Å². The summed E-state index contributed by atoms with van der Waals surface area (Å²) >= 11 is 0. The van der Waals surface area contributed by atoms with Crippen LogP contribution in [0.5, 0.6) is 0 Å². The number of allylic oxidation sites excluding steroid dienone is 2. The third kappa shape index (κ3) is 17.2. The number of aliphatic carboxylic acids is 1. The largest absolute Gasteiger partial charge is 0.481 e. The van der Waals surface area contributed by atoms with E-state index in [9.17, 15) is 4.79 Å². The molecule has 0 aromatic heterocycles. The normalized spacial score (nSPS) is 11.2. The molecule has 0 saturated carbocycles. The molecule has 0 fully saturated rings. The van der Waals surface area contributed by atoms with E-state index in [-0.39, 0.29) is 0 Å². The Bertz CT molecular complexity index is 224. The topological polar surface area (TPSA) is 57.5 Å². The van der Waals surface area contributed by atoms with E-state index in [1.807, 2.05) is 0 Å². The van der Waals surface area contributed by atoms with Gasteiger partial charge < -0.3 is 10.2 Å². The number of aliphatic hydroxyl groups is 1. The van der Waals surface area contributed by atoms with Crippen molar-refractivity contribution < 1.29 is 15.0 Å². The van der Waals surface area contributed by atoms with E-state index >= 15 is 0 Å². The molecule has 3 nitrogen and oxygen atoms in total. The maximum absolute atomic E-state index is 10.3. The fourth-order valence-corrected chi connectivity index (χ4v) is 2.03. The first-order valence-electron chi connectivity index (χ1n) is 7.75. The molecule has 0 saturated heterocycles. The summed E-state index contributed by atoms with van der Waals surface area (Å²) in [5.41, 5.74) is 0. The minimum absolute atomic E-state index is 0.316. The minimum Gasteiger partial charge on any atom is -0.481 e. The number of unbranched alkanes of at least 4 members (excludes halogenated alkanes) is 9. The first-order chi connectivity index (χ1) is 9.27. The van der Waals surface area contributed by atoms with Crippen LogP contribution in [0.4, 0.5) is 0 Å². The maximum atomic E-state index is 10.3. The molecule has 0 atom stereocenters. The predicted octanol–water partition coefficient (Wildman–Crippen LogP) is 4.30. The highest BCUT2D eigenvalue weighted by molar-refractivity contribution is 5.66. The Kier molecular flexibility index (Phi) is 14.6. The van der Waals surface area contributed by atoms with Gasteiger partial charge in [-0.1, -0.05) is 44.3 Å². The van der Waals surface area contributed by atoms with Crippen LogP contribution in [-0.4, -0.2) is 22.8 Å². The highest BCUT2D eigenvalue weighted by atomic mass is 16.4. The summed E-state index contributed by atoms with van der Waals surface area (Å²) in [7, 11) is 0. The van der Waals surface area contributed by atoms with Gasteiger partial charge in [0, 0.05) is 13.0 Å². The highest BCUT2D eigenvalue weighted by Gasteiger charge is 1.95. The molecular formula is C16H30O3. The van der Waals surface area contributed by atoms with Crippen molar-refractivity contribution in [3.63, 3.8) is 0 Å². The van der Waals surface area contributed by atoms with Crippen molar-refractivity contribution in [1.82, 2.24) is 0 Å². The first-order valence-corrected chi connectivity index (χ1v) is 7.75. The van der Waals surface area contributed by atoms with Crippen LogP contribution >= 0.6 is 0 Å². The molecule has 0 aliphatic rings. The molecule has 2 N–H and O–H groups in total. The number of hydrogen-bond donors (Lipinski definition) is 2. The lowest BCUT2D eigenvalue weighted by molar-refractivity contribution is -0.137. The molecular weight excluding hydrogens is 240 g/mol. The first kappa shape index (κ1) is 18.2. The quantitative estimate of drug-likeness (QED) is 0.365. The minimum atomic E-state index is -0.679. The van der Waals surface area contributed by atoms with Crippen LogP contribution in [0.15, 0.2) is 12.2 Å². The number of carboxylic acids is 1. The van der Waals surface area contributed by atoms with Gasteiger partial charge in [0.25, 0.3) is 0 Å². The van der Waals surface area contributed by atoms with Crippen molar-refractivity contribution in [3.05, 3.63) is 12.2 Å². The van der Waals surface area contributed by atoms with E-state index in [2.05, 4.69) is 12.2 Å². The van der Waals surface area contributed by atoms with Crippen molar-refractivity contribution in [2.75, 3.05) is 6.61 Å². The average Bonchev–Trinajstić information content (AvgIpc) is 2.39. The third-order valence-corrected chi connectivity index (χ3v) is 3.21. The number of aliphatic hydroxyl groups excluding tert-OH is 1. The van der Waals surface area contributed by atoms with Gasteiger partial charge in [0.15, 0.2) is 0 Å². The standard InChI is InChI=1S/C16H30O3/c17-15-13-11-9-7-5-3-1-2-4-6-8-10-12-14-16(18)19/h1,3,17H,2,4-15H2,(H,18,19). The lowest BCUT2D eigenvalue weighted by atomic mass is 10.1. The van der Waals surface area contributed by atoms with Gasteiger partial charge in [0.05, 0.1) is 0 Å². The highest BCUT2D eigenvalue weighted by Crippen LogP contribution is 2.08. The van der Waals surface area contributed by atoms with Gasteiger partial charge in [-0.25, -0.2) is 0 Å². The molecule has 0 heterocycles. The van der Waals surface area contributed by atoms with Crippen molar-refractivity contribution in [1.29, 1.82) is 0 Å². The van der Waals surface area contributed by atoms with E-state index in [0.717, 1.165) is 44.9 Å². The summed E-state index contributed by atoms with van der Waals surface area (Å²) < 4.78 is 0. The summed E-state index contributed by atoms with van der Waals surface area (Å²) in [4.78, 5) is 10.3. The molecule has 19 heavy (non-hydrogen) atoms. The Labute approximate surface area is 117 Å². The smallest absolute Gasteiger partial charge is 0.303 e. The Morgan fingerprint density at radius 1 is 0.737 bits per heavy atom. The van der Waals surface area contributed by atoms with Crippen LogP contribution < -0.4 is 0 Å². The van der Waals surface area contributed by atoms with Crippen molar-refractivity contribution >= 4 is 5.97 Å². The zero-order chi connectivity index (χ0) is 14.2. The van der Waals surface area contributed by atoms with Gasteiger partial charge in [0.1, 0.15) is 0 Å². The second-order valence-corrected chi connectivity index (χ2v) is 5.10. The molecule has 0 unspecified atom stereocenters. The van der Waals surface area contributed by atoms with Crippen LogP contribution in [0, 0.1) is 0 Å².